The van der Waals surface area contributed by atoms with Crippen molar-refractivity contribution in [2.75, 3.05) is 6.61 Å². The van der Waals surface area contributed by atoms with Crippen LogP contribution in [0.2, 0.25) is 10.0 Å². The normalized spacial score (nSPS) is 17.0. The second-order valence-electron chi connectivity index (χ2n) is 5.24. The van der Waals surface area contributed by atoms with Crippen molar-refractivity contribution in [1.29, 1.82) is 0 Å². The Morgan fingerprint density at radius 2 is 2.00 bits per heavy atom. The molecule has 1 heterocycles. The number of benzene rings is 2. The Kier molecular flexibility index (Phi) is 5.76. The lowest BCUT2D eigenvalue weighted by atomic mass is 10.2. The number of rotatable bonds is 4. The predicted octanol–water partition coefficient (Wildman–Crippen LogP) is 4.99. The summed E-state index contributed by atoms with van der Waals surface area (Å²) < 4.78 is 5.35. The Bertz CT molecular complexity index is 911. The third-order valence-electron chi connectivity index (χ3n) is 3.36. The molecule has 0 radical (unpaired) electrons. The second-order valence-corrected chi connectivity index (χ2v) is 7.11. The van der Waals surface area contributed by atoms with Gasteiger partial charge in [-0.15, -0.1) is 0 Å². The van der Waals surface area contributed by atoms with Crippen molar-refractivity contribution in [2.24, 2.45) is 4.99 Å². The van der Waals surface area contributed by atoms with Crippen LogP contribution >= 0.6 is 35.0 Å². The monoisotopic (exact) mass is 408 g/mol. The van der Waals surface area contributed by atoms with Crippen molar-refractivity contribution in [1.82, 2.24) is 5.32 Å². The number of carbonyl (C=O) groups is 1. The third-order valence-corrected chi connectivity index (χ3v) is 4.81. The first-order chi connectivity index (χ1) is 12.5. The number of phenols is 1. The van der Waals surface area contributed by atoms with Crippen LogP contribution in [0.4, 0.5) is 5.69 Å². The van der Waals surface area contributed by atoms with Crippen molar-refractivity contribution in [3.8, 4) is 11.5 Å². The van der Waals surface area contributed by atoms with Gasteiger partial charge < -0.3 is 15.2 Å². The van der Waals surface area contributed by atoms with E-state index in [0.717, 1.165) is 0 Å². The van der Waals surface area contributed by atoms with Crippen LogP contribution in [-0.4, -0.2) is 22.8 Å². The second kappa shape index (κ2) is 8.03. The van der Waals surface area contributed by atoms with E-state index >= 15 is 0 Å². The molecule has 0 spiro atoms. The zero-order valence-electron chi connectivity index (χ0n) is 13.6. The molecule has 0 atom stereocenters. The van der Waals surface area contributed by atoms with Crippen LogP contribution < -0.4 is 10.1 Å². The average Bonchev–Trinajstić information content (AvgIpc) is 2.94. The van der Waals surface area contributed by atoms with Gasteiger partial charge in [-0.25, -0.2) is 4.99 Å². The first-order valence-electron chi connectivity index (χ1n) is 7.66. The van der Waals surface area contributed by atoms with Crippen LogP contribution in [0.5, 0.6) is 11.5 Å². The molecule has 26 heavy (non-hydrogen) atoms. The Balaban J connectivity index is 1.86. The number of hydrogen-bond acceptors (Lipinski definition) is 5. The largest absolute Gasteiger partial charge is 0.503 e. The molecule has 0 aliphatic carbocycles. The molecule has 1 saturated heterocycles. The van der Waals surface area contributed by atoms with Gasteiger partial charge in [0, 0.05) is 5.02 Å². The molecule has 3 rings (SSSR count). The molecule has 1 fully saturated rings. The van der Waals surface area contributed by atoms with E-state index in [1.807, 2.05) is 0 Å². The number of nitrogens with one attached hydrogen (secondary N) is 1. The van der Waals surface area contributed by atoms with Gasteiger partial charge in [-0.2, -0.15) is 0 Å². The molecule has 1 aliphatic rings. The SMILES string of the molecule is CCOc1cc(/C=C2\SC(=Nc3ccc(Cl)cc3)NC2=O)cc(Cl)c1O. The van der Waals surface area contributed by atoms with Gasteiger partial charge in [0.1, 0.15) is 0 Å². The molecule has 5 nitrogen and oxygen atoms in total. The van der Waals surface area contributed by atoms with Gasteiger partial charge in [-0.3, -0.25) is 4.79 Å². The van der Waals surface area contributed by atoms with Gasteiger partial charge in [0.25, 0.3) is 5.91 Å². The summed E-state index contributed by atoms with van der Waals surface area (Å²) in [5, 5.41) is 13.9. The van der Waals surface area contributed by atoms with Crippen molar-refractivity contribution in [3.05, 3.63) is 56.9 Å². The number of halogens is 2. The van der Waals surface area contributed by atoms with E-state index in [1.54, 1.807) is 49.4 Å². The molecule has 2 aromatic carbocycles. The Labute approximate surface area is 164 Å². The van der Waals surface area contributed by atoms with Crippen LogP contribution in [0.15, 0.2) is 46.3 Å². The first kappa shape index (κ1) is 18.6. The van der Waals surface area contributed by atoms with Crippen molar-refractivity contribution >= 4 is 57.8 Å². The smallest absolute Gasteiger partial charge is 0.264 e. The van der Waals surface area contributed by atoms with E-state index in [2.05, 4.69) is 10.3 Å². The number of aliphatic imine (C=N–C) groups is 1. The fraction of sp³-hybridized carbons (Fsp3) is 0.111. The fourth-order valence-electron chi connectivity index (χ4n) is 2.21. The van der Waals surface area contributed by atoms with Gasteiger partial charge in [0.2, 0.25) is 0 Å². The topological polar surface area (TPSA) is 70.9 Å². The summed E-state index contributed by atoms with van der Waals surface area (Å²) in [5.41, 5.74) is 1.33. The zero-order valence-corrected chi connectivity index (χ0v) is 16.0. The summed E-state index contributed by atoms with van der Waals surface area (Å²) in [6.07, 6.45) is 1.66. The Hall–Kier alpha value is -2.15. The molecule has 8 heteroatoms. The van der Waals surface area contributed by atoms with Gasteiger partial charge in [0.15, 0.2) is 16.7 Å². The quantitative estimate of drug-likeness (QED) is 0.698. The highest BCUT2D eigenvalue weighted by molar-refractivity contribution is 8.18. The van der Waals surface area contributed by atoms with Crippen LogP contribution in [0.3, 0.4) is 0 Å². The lowest BCUT2D eigenvalue weighted by Gasteiger charge is -2.08. The number of nitrogens with zero attached hydrogens (tertiary/aromatic N) is 1. The van der Waals surface area contributed by atoms with E-state index in [-0.39, 0.29) is 22.4 Å². The molecular formula is C18H14Cl2N2O3S. The van der Waals surface area contributed by atoms with Crippen LogP contribution in [0.25, 0.3) is 6.08 Å². The molecule has 2 N–H and O–H groups in total. The molecular weight excluding hydrogens is 395 g/mol. The number of carbonyl (C=O) groups excluding carboxylic acids is 1. The summed E-state index contributed by atoms with van der Waals surface area (Å²) in [7, 11) is 0. The molecule has 1 aliphatic heterocycles. The van der Waals surface area contributed by atoms with Crippen LogP contribution in [0, 0.1) is 0 Å². The lowest BCUT2D eigenvalue weighted by Crippen LogP contribution is -2.19. The maximum Gasteiger partial charge on any atom is 0.264 e. The lowest BCUT2D eigenvalue weighted by molar-refractivity contribution is -0.115. The molecule has 2 aromatic rings. The van der Waals surface area contributed by atoms with Crippen molar-refractivity contribution in [2.45, 2.75) is 6.92 Å². The highest BCUT2D eigenvalue weighted by Crippen LogP contribution is 2.37. The first-order valence-corrected chi connectivity index (χ1v) is 9.24. The summed E-state index contributed by atoms with van der Waals surface area (Å²) in [4.78, 5) is 17.0. The average molecular weight is 409 g/mol. The van der Waals surface area contributed by atoms with Gasteiger partial charge >= 0.3 is 0 Å². The third kappa shape index (κ3) is 4.33. The van der Waals surface area contributed by atoms with Crippen molar-refractivity contribution in [3.63, 3.8) is 0 Å². The maximum absolute atomic E-state index is 12.2. The van der Waals surface area contributed by atoms with Crippen LogP contribution in [-0.2, 0) is 4.79 Å². The number of ether oxygens (including phenoxy) is 1. The van der Waals surface area contributed by atoms with E-state index in [4.69, 9.17) is 27.9 Å². The summed E-state index contributed by atoms with van der Waals surface area (Å²) in [5.74, 6) is -0.112. The fourth-order valence-corrected chi connectivity index (χ4v) is 3.39. The Morgan fingerprint density at radius 1 is 1.27 bits per heavy atom. The maximum atomic E-state index is 12.2. The highest BCUT2D eigenvalue weighted by Gasteiger charge is 2.24. The number of aromatic hydroxyl groups is 1. The van der Waals surface area contributed by atoms with Gasteiger partial charge in [-0.05, 0) is 66.7 Å². The summed E-state index contributed by atoms with van der Waals surface area (Å²) in [6, 6.07) is 10.2. The molecule has 134 valence electrons. The number of phenolic OH excluding ortho intramolecular Hbond substituents is 1. The van der Waals surface area contributed by atoms with E-state index in [9.17, 15) is 9.90 Å². The van der Waals surface area contributed by atoms with E-state index < -0.39 is 0 Å². The minimum atomic E-state index is -0.259. The molecule has 0 aromatic heterocycles. The highest BCUT2D eigenvalue weighted by atomic mass is 35.5. The molecule has 0 saturated carbocycles. The van der Waals surface area contributed by atoms with Crippen LogP contribution in [0.1, 0.15) is 12.5 Å². The number of amides is 1. The summed E-state index contributed by atoms with van der Waals surface area (Å²) in [6.45, 7) is 2.19. The summed E-state index contributed by atoms with van der Waals surface area (Å²) >= 11 is 13.1. The molecule has 1 amide bonds. The Morgan fingerprint density at radius 3 is 2.69 bits per heavy atom. The number of amidine groups is 1. The zero-order chi connectivity index (χ0) is 18.7. The van der Waals surface area contributed by atoms with Crippen molar-refractivity contribution < 1.29 is 14.6 Å². The number of thioether (sulfide) groups is 1. The molecule has 0 unspecified atom stereocenters. The van der Waals surface area contributed by atoms with Gasteiger partial charge in [-0.1, -0.05) is 23.2 Å². The predicted molar refractivity (Wildman–Crippen MR) is 107 cm³/mol. The number of hydrogen-bond donors (Lipinski definition) is 2. The minimum absolute atomic E-state index is 0.121. The van der Waals surface area contributed by atoms with E-state index in [0.29, 0.717) is 33.0 Å². The minimum Gasteiger partial charge on any atom is -0.503 e. The van der Waals surface area contributed by atoms with Gasteiger partial charge in [0.05, 0.1) is 22.2 Å². The van der Waals surface area contributed by atoms with E-state index in [1.165, 1.54) is 11.8 Å². The standard InChI is InChI=1S/C18H14Cl2N2O3S/c1-2-25-14-8-10(7-13(20)16(14)23)9-15-17(24)22-18(26-15)21-12-5-3-11(19)4-6-12/h3-9,23H,2H2,1H3,(H,21,22,24)/b15-9-. The molecule has 0 bridgehead atoms.